The first-order valence-corrected chi connectivity index (χ1v) is 8.51. The summed E-state index contributed by atoms with van der Waals surface area (Å²) in [6, 6.07) is 1.96. The molecular weight excluding hydrogens is 288 g/mol. The Balaban J connectivity index is 2.13. The first kappa shape index (κ1) is 16.1. The number of hydrogen-bond acceptors (Lipinski definition) is 3. The van der Waals surface area contributed by atoms with Gasteiger partial charge in [-0.15, -0.1) is 0 Å². The summed E-state index contributed by atoms with van der Waals surface area (Å²) in [7, 11) is 0. The zero-order valence-electron chi connectivity index (χ0n) is 14.4. The molecule has 3 heteroatoms. The topological polar surface area (TPSA) is 57.5 Å². The van der Waals surface area contributed by atoms with Gasteiger partial charge in [-0.1, -0.05) is 39.8 Å². The second kappa shape index (κ2) is 5.40. The van der Waals surface area contributed by atoms with Crippen LogP contribution in [-0.2, 0) is 11.2 Å². The maximum absolute atomic E-state index is 12.5. The van der Waals surface area contributed by atoms with E-state index >= 15 is 0 Å². The monoisotopic (exact) mass is 314 g/mol. The quantitative estimate of drug-likeness (QED) is 0.755. The Kier molecular flexibility index (Phi) is 3.78. The highest BCUT2D eigenvalue weighted by Crippen LogP contribution is 2.49. The van der Waals surface area contributed by atoms with Crippen molar-refractivity contribution in [2.75, 3.05) is 0 Å². The number of aromatic hydroxyl groups is 2. The van der Waals surface area contributed by atoms with Crippen LogP contribution in [0, 0.1) is 17.3 Å². The molecule has 124 valence electrons. The van der Waals surface area contributed by atoms with Crippen LogP contribution in [0.25, 0.3) is 6.08 Å². The lowest BCUT2D eigenvalue weighted by Gasteiger charge is -2.41. The van der Waals surface area contributed by atoms with Crippen LogP contribution in [0.15, 0.2) is 12.1 Å². The van der Waals surface area contributed by atoms with Gasteiger partial charge in [-0.3, -0.25) is 4.79 Å². The molecule has 2 aliphatic carbocycles. The number of Topliss-reactive ketones (excluding diaryl/α,β-unsaturated/α-hetero) is 1. The van der Waals surface area contributed by atoms with Crippen molar-refractivity contribution < 1.29 is 15.0 Å². The van der Waals surface area contributed by atoms with Crippen molar-refractivity contribution in [3.05, 3.63) is 28.8 Å². The third-order valence-corrected chi connectivity index (χ3v) is 5.74. The second-order valence-electron chi connectivity index (χ2n) is 8.04. The van der Waals surface area contributed by atoms with E-state index in [0.717, 1.165) is 17.5 Å². The number of allylic oxidation sites excluding steroid dienone is 1. The van der Waals surface area contributed by atoms with Crippen molar-refractivity contribution in [1.29, 1.82) is 0 Å². The number of carbonyl (C=O) groups is 1. The molecule has 2 N–H and O–H groups in total. The molecular formula is C20H26O3. The van der Waals surface area contributed by atoms with E-state index in [1.807, 2.05) is 26.0 Å². The number of hydrogen-bond donors (Lipinski definition) is 2. The Morgan fingerprint density at radius 1 is 1.22 bits per heavy atom. The fourth-order valence-electron chi connectivity index (χ4n) is 4.15. The third kappa shape index (κ3) is 2.56. The van der Waals surface area contributed by atoms with E-state index in [2.05, 4.69) is 19.9 Å². The molecule has 1 aromatic carbocycles. The van der Waals surface area contributed by atoms with Crippen LogP contribution in [0.3, 0.4) is 0 Å². The standard InChI is InChI=1S/C20H26O3/c1-11(2)13-9-12-5-6-16-15(10-14(12)19(23)18(13)22)17(21)7-8-20(16,3)4/h5-6,9,11,15-16,22-23H,7-8,10H2,1-4H3. The second-order valence-corrected chi connectivity index (χ2v) is 8.04. The molecule has 0 spiro atoms. The lowest BCUT2D eigenvalue weighted by molar-refractivity contribution is -0.129. The van der Waals surface area contributed by atoms with E-state index in [0.29, 0.717) is 18.4 Å². The van der Waals surface area contributed by atoms with Gasteiger partial charge in [0, 0.05) is 23.5 Å². The number of phenols is 2. The Labute approximate surface area is 138 Å². The summed E-state index contributed by atoms with van der Waals surface area (Å²) in [5, 5.41) is 20.8. The Morgan fingerprint density at radius 3 is 2.57 bits per heavy atom. The summed E-state index contributed by atoms with van der Waals surface area (Å²) >= 11 is 0. The van der Waals surface area contributed by atoms with Gasteiger partial charge in [0.05, 0.1) is 0 Å². The Bertz CT molecular complexity index is 683. The van der Waals surface area contributed by atoms with Crippen molar-refractivity contribution >= 4 is 11.9 Å². The zero-order chi connectivity index (χ0) is 16.9. The van der Waals surface area contributed by atoms with E-state index < -0.39 is 0 Å². The van der Waals surface area contributed by atoms with Gasteiger partial charge >= 0.3 is 0 Å². The molecule has 1 saturated carbocycles. The highest BCUT2D eigenvalue weighted by Gasteiger charge is 2.43. The van der Waals surface area contributed by atoms with E-state index in [-0.39, 0.29) is 40.5 Å². The molecule has 1 aromatic rings. The minimum absolute atomic E-state index is 0.0341. The fraction of sp³-hybridized carbons (Fsp3) is 0.550. The summed E-state index contributed by atoms with van der Waals surface area (Å²) in [5.74, 6) is 0.397. The van der Waals surface area contributed by atoms with Gasteiger partial charge in [-0.2, -0.15) is 0 Å². The molecule has 1 fully saturated rings. The number of benzene rings is 1. The minimum Gasteiger partial charge on any atom is -0.504 e. The number of carbonyl (C=O) groups excluding carboxylic acids is 1. The van der Waals surface area contributed by atoms with E-state index in [1.165, 1.54) is 0 Å². The van der Waals surface area contributed by atoms with Crippen molar-refractivity contribution in [1.82, 2.24) is 0 Å². The fourth-order valence-corrected chi connectivity index (χ4v) is 4.15. The molecule has 0 aliphatic heterocycles. The summed E-state index contributed by atoms with van der Waals surface area (Å²) < 4.78 is 0. The Morgan fingerprint density at radius 2 is 1.91 bits per heavy atom. The molecule has 2 atom stereocenters. The smallest absolute Gasteiger partial charge is 0.161 e. The predicted octanol–water partition coefficient (Wildman–Crippen LogP) is 4.41. The molecule has 0 amide bonds. The van der Waals surface area contributed by atoms with Crippen LogP contribution in [0.4, 0.5) is 0 Å². The molecule has 2 aliphatic rings. The highest BCUT2D eigenvalue weighted by molar-refractivity contribution is 5.84. The molecule has 0 saturated heterocycles. The molecule has 2 unspecified atom stereocenters. The van der Waals surface area contributed by atoms with Crippen molar-refractivity contribution in [3.63, 3.8) is 0 Å². The first-order valence-electron chi connectivity index (χ1n) is 8.51. The van der Waals surface area contributed by atoms with Gasteiger partial charge in [-0.25, -0.2) is 0 Å². The van der Waals surface area contributed by atoms with Crippen LogP contribution in [0.2, 0.25) is 0 Å². The van der Waals surface area contributed by atoms with Gasteiger partial charge < -0.3 is 10.2 Å². The SMILES string of the molecule is CC(C)c1cc2c(c(O)c1O)CC1C(=O)CCC(C)(C)C1C=C2. The van der Waals surface area contributed by atoms with Gasteiger partial charge in [0.2, 0.25) is 0 Å². The van der Waals surface area contributed by atoms with E-state index in [1.54, 1.807) is 0 Å². The molecule has 0 radical (unpaired) electrons. The average Bonchev–Trinajstić information content (AvgIpc) is 2.68. The van der Waals surface area contributed by atoms with Gasteiger partial charge in [-0.05, 0) is 41.7 Å². The van der Waals surface area contributed by atoms with Gasteiger partial charge in [0.1, 0.15) is 5.78 Å². The van der Waals surface area contributed by atoms with E-state index in [9.17, 15) is 15.0 Å². The number of rotatable bonds is 1. The summed E-state index contributed by atoms with van der Waals surface area (Å²) in [6.45, 7) is 8.42. The van der Waals surface area contributed by atoms with Crippen LogP contribution >= 0.6 is 0 Å². The molecule has 3 nitrogen and oxygen atoms in total. The summed E-state index contributed by atoms with van der Waals surface area (Å²) in [6.07, 6.45) is 6.20. The van der Waals surface area contributed by atoms with Crippen LogP contribution < -0.4 is 0 Å². The lowest BCUT2D eigenvalue weighted by atomic mass is 9.62. The number of phenolic OH excluding ortho intramolecular Hbond substituents is 2. The first-order chi connectivity index (χ1) is 10.7. The normalized spacial score (nSPS) is 25.9. The predicted molar refractivity (Wildman–Crippen MR) is 91.6 cm³/mol. The lowest BCUT2D eigenvalue weighted by Crippen LogP contribution is -2.39. The Hall–Kier alpha value is -1.77. The van der Waals surface area contributed by atoms with Gasteiger partial charge in [0.25, 0.3) is 0 Å². The number of fused-ring (bicyclic) bond motifs is 2. The van der Waals surface area contributed by atoms with Crippen LogP contribution in [0.5, 0.6) is 11.5 Å². The van der Waals surface area contributed by atoms with Crippen molar-refractivity contribution in [2.45, 2.75) is 52.9 Å². The maximum Gasteiger partial charge on any atom is 0.161 e. The third-order valence-electron chi connectivity index (χ3n) is 5.74. The molecule has 23 heavy (non-hydrogen) atoms. The maximum atomic E-state index is 12.5. The summed E-state index contributed by atoms with van der Waals surface area (Å²) in [4.78, 5) is 12.5. The largest absolute Gasteiger partial charge is 0.504 e. The van der Waals surface area contributed by atoms with Crippen molar-refractivity contribution in [3.8, 4) is 11.5 Å². The zero-order valence-corrected chi connectivity index (χ0v) is 14.4. The van der Waals surface area contributed by atoms with Crippen LogP contribution in [-0.4, -0.2) is 16.0 Å². The molecule has 0 heterocycles. The molecule has 0 aromatic heterocycles. The summed E-state index contributed by atoms with van der Waals surface area (Å²) in [5.41, 5.74) is 2.47. The van der Waals surface area contributed by atoms with Gasteiger partial charge in [0.15, 0.2) is 11.5 Å². The van der Waals surface area contributed by atoms with E-state index in [4.69, 9.17) is 0 Å². The minimum atomic E-state index is -0.105. The molecule has 3 rings (SSSR count). The highest BCUT2D eigenvalue weighted by atomic mass is 16.3. The van der Waals surface area contributed by atoms with Crippen LogP contribution in [0.1, 0.15) is 63.1 Å². The number of ketones is 1. The average molecular weight is 314 g/mol. The van der Waals surface area contributed by atoms with Crippen molar-refractivity contribution in [2.24, 2.45) is 17.3 Å². The molecule has 0 bridgehead atoms.